The molecule has 2 aromatic rings. The van der Waals surface area contributed by atoms with Crippen molar-refractivity contribution < 1.29 is 14.3 Å². The number of carbonyl (C=O) groups is 2. The van der Waals surface area contributed by atoms with E-state index < -0.39 is 0 Å². The number of ketones is 1. The fourth-order valence-corrected chi connectivity index (χ4v) is 3.66. The second-order valence-corrected chi connectivity index (χ2v) is 6.50. The van der Waals surface area contributed by atoms with Crippen molar-refractivity contribution in [2.45, 2.75) is 12.5 Å². The highest BCUT2D eigenvalue weighted by Gasteiger charge is 2.36. The summed E-state index contributed by atoms with van der Waals surface area (Å²) in [5.41, 5.74) is 3.34. The highest BCUT2D eigenvalue weighted by atomic mass is 16.5. The second-order valence-electron chi connectivity index (χ2n) is 6.50. The molecule has 4 rings (SSSR count). The molecular weight excluding hydrogens is 328 g/mol. The zero-order chi connectivity index (χ0) is 18.1. The van der Waals surface area contributed by atoms with Crippen LogP contribution in [0, 0.1) is 0 Å². The Morgan fingerprint density at radius 1 is 1.23 bits per heavy atom. The molecule has 26 heavy (non-hydrogen) atoms. The summed E-state index contributed by atoms with van der Waals surface area (Å²) < 4.78 is 5.16. The average molecular weight is 348 g/mol. The maximum atomic E-state index is 12.9. The highest BCUT2D eigenvalue weighted by Crippen LogP contribution is 2.32. The van der Waals surface area contributed by atoms with Crippen LogP contribution in [0.25, 0.3) is 0 Å². The standard InChI is InChI=1S/C21H20N2O3/c1-26-16-7-4-6-15(11-16)20(24)12-18-21(25)23-10-9-14-5-2-3-8-17(14)19(23)13-22-18/h2-8,11-12,19,22H,9-10,13H2,1H3/b18-12+/t19-/m0/s1. The molecule has 1 saturated heterocycles. The van der Waals surface area contributed by atoms with E-state index in [1.54, 1.807) is 31.4 Å². The van der Waals surface area contributed by atoms with E-state index in [9.17, 15) is 9.59 Å². The summed E-state index contributed by atoms with van der Waals surface area (Å²) in [6.45, 7) is 1.28. The van der Waals surface area contributed by atoms with Gasteiger partial charge in [0.25, 0.3) is 5.91 Å². The Balaban J connectivity index is 1.58. The third-order valence-electron chi connectivity index (χ3n) is 5.02. The van der Waals surface area contributed by atoms with Gasteiger partial charge in [-0.2, -0.15) is 0 Å². The number of methoxy groups -OCH3 is 1. The van der Waals surface area contributed by atoms with Gasteiger partial charge >= 0.3 is 0 Å². The second kappa shape index (κ2) is 6.67. The van der Waals surface area contributed by atoms with Gasteiger partial charge < -0.3 is 15.0 Å². The predicted octanol–water partition coefficient (Wildman–Crippen LogP) is 2.49. The molecule has 2 aliphatic heterocycles. The topological polar surface area (TPSA) is 58.6 Å². The van der Waals surface area contributed by atoms with Crippen molar-refractivity contribution >= 4 is 11.7 Å². The van der Waals surface area contributed by atoms with Gasteiger partial charge in [0.2, 0.25) is 0 Å². The lowest BCUT2D eigenvalue weighted by Crippen LogP contribution is -2.51. The Kier molecular flexibility index (Phi) is 4.21. The largest absolute Gasteiger partial charge is 0.497 e. The number of nitrogens with zero attached hydrogens (tertiary/aromatic N) is 1. The Morgan fingerprint density at radius 3 is 2.92 bits per heavy atom. The number of hydrogen-bond acceptors (Lipinski definition) is 4. The van der Waals surface area contributed by atoms with Crippen molar-refractivity contribution in [3.63, 3.8) is 0 Å². The lowest BCUT2D eigenvalue weighted by Gasteiger charge is -2.41. The SMILES string of the molecule is COc1cccc(C(=O)/C=C2/NC[C@H]3c4ccccc4CCN3C2=O)c1. The van der Waals surface area contributed by atoms with Crippen molar-refractivity contribution in [3.8, 4) is 5.75 Å². The van der Waals surface area contributed by atoms with Crippen LogP contribution in [0.15, 0.2) is 60.3 Å². The van der Waals surface area contributed by atoms with Crippen molar-refractivity contribution in [1.29, 1.82) is 0 Å². The smallest absolute Gasteiger partial charge is 0.270 e. The van der Waals surface area contributed by atoms with E-state index in [2.05, 4.69) is 17.4 Å². The first kappa shape index (κ1) is 16.4. The minimum atomic E-state index is -0.212. The number of carbonyl (C=O) groups excluding carboxylic acids is 2. The molecule has 0 saturated carbocycles. The first-order valence-electron chi connectivity index (χ1n) is 8.70. The van der Waals surface area contributed by atoms with Crippen LogP contribution in [0.3, 0.4) is 0 Å². The van der Waals surface area contributed by atoms with Crippen LogP contribution in [0.4, 0.5) is 0 Å². The predicted molar refractivity (Wildman–Crippen MR) is 98.0 cm³/mol. The lowest BCUT2D eigenvalue weighted by molar-refractivity contribution is -0.132. The molecule has 5 heteroatoms. The van der Waals surface area contributed by atoms with Gasteiger partial charge in [0, 0.05) is 24.7 Å². The summed E-state index contributed by atoms with van der Waals surface area (Å²) in [7, 11) is 1.56. The number of amides is 1. The van der Waals surface area contributed by atoms with Gasteiger partial charge in [-0.1, -0.05) is 36.4 Å². The maximum Gasteiger partial charge on any atom is 0.270 e. The van der Waals surface area contributed by atoms with Gasteiger partial charge in [0.1, 0.15) is 11.4 Å². The number of rotatable bonds is 3. The minimum absolute atomic E-state index is 0.0246. The molecule has 1 N–H and O–H groups in total. The van der Waals surface area contributed by atoms with Crippen molar-refractivity contribution in [2.75, 3.05) is 20.2 Å². The first-order chi connectivity index (χ1) is 12.7. The van der Waals surface area contributed by atoms with Crippen molar-refractivity contribution in [2.24, 2.45) is 0 Å². The van der Waals surface area contributed by atoms with Crippen LogP contribution < -0.4 is 10.1 Å². The third-order valence-corrected chi connectivity index (χ3v) is 5.02. The summed E-state index contributed by atoms with van der Waals surface area (Å²) in [4.78, 5) is 27.3. The summed E-state index contributed by atoms with van der Waals surface area (Å²) in [6, 6.07) is 15.2. The van der Waals surface area contributed by atoms with Gasteiger partial charge in [-0.15, -0.1) is 0 Å². The highest BCUT2D eigenvalue weighted by molar-refractivity contribution is 6.09. The Morgan fingerprint density at radius 2 is 2.08 bits per heavy atom. The molecule has 0 spiro atoms. The average Bonchev–Trinajstić information content (AvgIpc) is 2.69. The van der Waals surface area contributed by atoms with Crippen LogP contribution in [0.5, 0.6) is 5.75 Å². The zero-order valence-electron chi connectivity index (χ0n) is 14.6. The monoisotopic (exact) mass is 348 g/mol. The quantitative estimate of drug-likeness (QED) is 0.684. The first-order valence-corrected chi connectivity index (χ1v) is 8.70. The molecule has 5 nitrogen and oxygen atoms in total. The number of piperazine rings is 1. The van der Waals surface area contributed by atoms with Gasteiger partial charge in [-0.3, -0.25) is 9.59 Å². The molecule has 1 fully saturated rings. The lowest BCUT2D eigenvalue weighted by atomic mass is 9.90. The Bertz CT molecular complexity index is 904. The molecule has 0 radical (unpaired) electrons. The van der Waals surface area contributed by atoms with Gasteiger partial charge in [-0.25, -0.2) is 0 Å². The molecule has 0 unspecified atom stereocenters. The van der Waals surface area contributed by atoms with E-state index >= 15 is 0 Å². The fourth-order valence-electron chi connectivity index (χ4n) is 3.66. The van der Waals surface area contributed by atoms with Crippen LogP contribution in [0.2, 0.25) is 0 Å². The zero-order valence-corrected chi connectivity index (χ0v) is 14.6. The molecule has 1 amide bonds. The summed E-state index contributed by atoms with van der Waals surface area (Å²) in [6.07, 6.45) is 2.24. The van der Waals surface area contributed by atoms with Crippen molar-refractivity contribution in [3.05, 3.63) is 77.0 Å². The van der Waals surface area contributed by atoms with Gasteiger partial charge in [-0.05, 0) is 29.7 Å². The molecule has 1 atom stereocenters. The molecule has 132 valence electrons. The van der Waals surface area contributed by atoms with Gasteiger partial charge in [0.05, 0.1) is 13.2 Å². The Labute approximate surface area is 152 Å². The number of fused-ring (bicyclic) bond motifs is 3. The number of hydrogen-bond donors (Lipinski definition) is 1. The van der Waals surface area contributed by atoms with E-state index in [1.165, 1.54) is 17.2 Å². The van der Waals surface area contributed by atoms with E-state index in [-0.39, 0.29) is 17.7 Å². The number of nitrogens with one attached hydrogen (secondary N) is 1. The molecular formula is C21H20N2O3. The Hall–Kier alpha value is -3.08. The molecule has 2 aromatic carbocycles. The van der Waals surface area contributed by atoms with Crippen LogP contribution >= 0.6 is 0 Å². The fraction of sp³-hybridized carbons (Fsp3) is 0.238. The van der Waals surface area contributed by atoms with Crippen LogP contribution in [0.1, 0.15) is 27.5 Å². The molecule has 2 heterocycles. The van der Waals surface area contributed by atoms with E-state index in [1.807, 2.05) is 17.0 Å². The minimum Gasteiger partial charge on any atom is -0.497 e. The van der Waals surface area contributed by atoms with Crippen LogP contribution in [-0.4, -0.2) is 36.8 Å². The molecule has 0 aliphatic carbocycles. The van der Waals surface area contributed by atoms with E-state index in [0.29, 0.717) is 30.1 Å². The maximum absolute atomic E-state index is 12.9. The normalized spacial score (nSPS) is 20.2. The molecule has 0 bridgehead atoms. The third kappa shape index (κ3) is 2.86. The summed E-state index contributed by atoms with van der Waals surface area (Å²) in [5.74, 6) is 0.285. The number of allylic oxidation sites excluding steroid dienone is 1. The molecule has 2 aliphatic rings. The number of benzene rings is 2. The van der Waals surface area contributed by atoms with E-state index in [4.69, 9.17) is 4.74 Å². The summed E-state index contributed by atoms with van der Waals surface area (Å²) in [5, 5.41) is 3.16. The number of ether oxygens (including phenoxy) is 1. The van der Waals surface area contributed by atoms with Gasteiger partial charge in [0.15, 0.2) is 5.78 Å². The molecule has 0 aromatic heterocycles. The van der Waals surface area contributed by atoms with E-state index in [0.717, 1.165) is 6.42 Å². The summed E-state index contributed by atoms with van der Waals surface area (Å²) >= 11 is 0. The van der Waals surface area contributed by atoms with Crippen molar-refractivity contribution in [1.82, 2.24) is 10.2 Å². The van der Waals surface area contributed by atoms with Crippen LogP contribution in [-0.2, 0) is 11.2 Å².